The van der Waals surface area contributed by atoms with E-state index in [0.29, 0.717) is 22.6 Å². The summed E-state index contributed by atoms with van der Waals surface area (Å²) in [5.41, 5.74) is 0.952. The molecule has 1 saturated heterocycles. The molecule has 1 aliphatic heterocycles. The van der Waals surface area contributed by atoms with Crippen LogP contribution >= 0.6 is 35.1 Å². The Morgan fingerprint density at radius 3 is 2.63 bits per heavy atom. The number of aromatic nitrogens is 4. The first-order chi connectivity index (χ1) is 14.5. The molecule has 1 aliphatic rings. The van der Waals surface area contributed by atoms with Crippen LogP contribution in [0.2, 0.25) is 10.2 Å². The maximum absolute atomic E-state index is 6.67. The number of nitrogens with one attached hydrogen (secondary N) is 1. The van der Waals surface area contributed by atoms with Gasteiger partial charge in [-0.05, 0) is 31.1 Å². The van der Waals surface area contributed by atoms with Gasteiger partial charge in [-0.15, -0.1) is 0 Å². The van der Waals surface area contributed by atoms with E-state index in [4.69, 9.17) is 27.9 Å². The fourth-order valence-electron chi connectivity index (χ4n) is 3.03. The van der Waals surface area contributed by atoms with Crippen LogP contribution in [0.15, 0.2) is 41.6 Å². The Bertz CT molecular complexity index is 1020. The Morgan fingerprint density at radius 1 is 1.10 bits per heavy atom. The first-order valence-corrected chi connectivity index (χ1v) is 10.9. The second-order valence-electron chi connectivity index (χ2n) is 6.89. The van der Waals surface area contributed by atoms with E-state index in [1.54, 1.807) is 16.9 Å². The van der Waals surface area contributed by atoms with E-state index in [0.717, 1.165) is 36.8 Å². The van der Waals surface area contributed by atoms with E-state index in [1.807, 2.05) is 31.4 Å². The van der Waals surface area contributed by atoms with Gasteiger partial charge in [-0.2, -0.15) is 10.1 Å². The second kappa shape index (κ2) is 9.30. The Labute approximate surface area is 189 Å². The number of benzene rings is 1. The van der Waals surface area contributed by atoms with Crippen LogP contribution in [0.1, 0.15) is 0 Å². The molecule has 0 bridgehead atoms. The molecule has 1 N–H and O–H groups in total. The summed E-state index contributed by atoms with van der Waals surface area (Å²) in [6.45, 7) is 3.82. The van der Waals surface area contributed by atoms with Gasteiger partial charge >= 0.3 is 0 Å². The highest BCUT2D eigenvalue weighted by Crippen LogP contribution is 2.37. The lowest BCUT2D eigenvalue weighted by molar-refractivity contribution is 0.313. The van der Waals surface area contributed by atoms with Crippen molar-refractivity contribution in [3.05, 3.63) is 46.8 Å². The van der Waals surface area contributed by atoms with Crippen LogP contribution in [-0.2, 0) is 7.05 Å². The minimum absolute atomic E-state index is 0.264. The monoisotopic (exact) mass is 465 g/mol. The topological polar surface area (TPSA) is 71.3 Å². The smallest absolute Gasteiger partial charge is 0.237 e. The van der Waals surface area contributed by atoms with E-state index in [-0.39, 0.29) is 5.15 Å². The van der Waals surface area contributed by atoms with Crippen LogP contribution in [-0.4, -0.2) is 57.9 Å². The lowest BCUT2D eigenvalue weighted by Crippen LogP contribution is -2.44. The molecule has 30 heavy (non-hydrogen) atoms. The molecule has 4 rings (SSSR count). The standard InChI is InChI=1S/C19H21Cl2N7OS/c1-26-6-8-28(9-7-26)14-4-3-5-15(18(14)21)29-17-10-16(20)23-19(24-17)25-30-13-11-22-27(2)12-13/h3-5,10-12H,6-9H2,1-2H3,(H,23,24,25). The summed E-state index contributed by atoms with van der Waals surface area (Å²) in [6, 6.07) is 7.30. The zero-order valence-corrected chi connectivity index (χ0v) is 18.9. The number of nitrogens with zero attached hydrogens (tertiary/aromatic N) is 6. The predicted molar refractivity (Wildman–Crippen MR) is 121 cm³/mol. The van der Waals surface area contributed by atoms with Gasteiger partial charge < -0.3 is 14.5 Å². The molecule has 2 aromatic heterocycles. The maximum Gasteiger partial charge on any atom is 0.237 e. The lowest BCUT2D eigenvalue weighted by atomic mass is 10.2. The summed E-state index contributed by atoms with van der Waals surface area (Å²) in [6.07, 6.45) is 3.62. The van der Waals surface area contributed by atoms with Crippen molar-refractivity contribution in [1.82, 2.24) is 24.6 Å². The molecule has 0 saturated carbocycles. The molecule has 3 heterocycles. The highest BCUT2D eigenvalue weighted by atomic mass is 35.5. The molecule has 11 heteroatoms. The number of anilines is 2. The molecule has 0 atom stereocenters. The third kappa shape index (κ3) is 5.10. The molecule has 0 aliphatic carbocycles. The minimum Gasteiger partial charge on any atom is -0.437 e. The Kier molecular flexibility index (Phi) is 6.52. The highest BCUT2D eigenvalue weighted by Gasteiger charge is 2.19. The van der Waals surface area contributed by atoms with Gasteiger partial charge in [0.15, 0.2) is 0 Å². The van der Waals surface area contributed by atoms with Crippen molar-refractivity contribution in [1.29, 1.82) is 0 Å². The van der Waals surface area contributed by atoms with Crippen LogP contribution in [0.5, 0.6) is 11.6 Å². The van der Waals surface area contributed by atoms with Crippen molar-refractivity contribution in [3.8, 4) is 11.6 Å². The number of hydrogen-bond acceptors (Lipinski definition) is 8. The molecular weight excluding hydrogens is 445 g/mol. The van der Waals surface area contributed by atoms with Crippen LogP contribution in [0.3, 0.4) is 0 Å². The molecule has 0 radical (unpaired) electrons. The van der Waals surface area contributed by atoms with Gasteiger partial charge in [-0.3, -0.25) is 9.40 Å². The van der Waals surface area contributed by atoms with Gasteiger partial charge in [0, 0.05) is 45.5 Å². The van der Waals surface area contributed by atoms with Gasteiger partial charge in [0.25, 0.3) is 0 Å². The number of aryl methyl sites for hydroxylation is 1. The molecule has 0 unspecified atom stereocenters. The largest absolute Gasteiger partial charge is 0.437 e. The first kappa shape index (κ1) is 21.0. The summed E-state index contributed by atoms with van der Waals surface area (Å²) >= 11 is 14.2. The molecular formula is C19H21Cl2N7OS. The van der Waals surface area contributed by atoms with Crippen molar-refractivity contribution < 1.29 is 4.74 Å². The van der Waals surface area contributed by atoms with Crippen LogP contribution in [0, 0.1) is 0 Å². The van der Waals surface area contributed by atoms with Crippen LogP contribution < -0.4 is 14.4 Å². The molecule has 1 aromatic carbocycles. The van der Waals surface area contributed by atoms with Crippen molar-refractivity contribution in [3.63, 3.8) is 0 Å². The highest BCUT2D eigenvalue weighted by molar-refractivity contribution is 8.00. The van der Waals surface area contributed by atoms with Gasteiger partial charge in [0.05, 0.1) is 16.8 Å². The summed E-state index contributed by atoms with van der Waals surface area (Å²) in [5.74, 6) is 1.16. The molecule has 0 amide bonds. The molecule has 158 valence electrons. The van der Waals surface area contributed by atoms with Gasteiger partial charge in [0.1, 0.15) is 15.9 Å². The van der Waals surface area contributed by atoms with Crippen molar-refractivity contribution in [2.45, 2.75) is 4.90 Å². The SMILES string of the molecule is CN1CCN(c2cccc(Oc3cc(Cl)nc(NSc4cnn(C)c4)n3)c2Cl)CC1. The number of hydrogen-bond donors (Lipinski definition) is 1. The number of rotatable bonds is 6. The molecule has 3 aromatic rings. The van der Waals surface area contributed by atoms with Crippen molar-refractivity contribution in [2.24, 2.45) is 7.05 Å². The fourth-order valence-corrected chi connectivity index (χ4v) is 4.10. The molecule has 0 spiro atoms. The van der Waals surface area contributed by atoms with E-state index < -0.39 is 0 Å². The summed E-state index contributed by atoms with van der Waals surface area (Å²) in [4.78, 5) is 14.1. The minimum atomic E-state index is 0.264. The van der Waals surface area contributed by atoms with E-state index >= 15 is 0 Å². The number of likely N-dealkylation sites (N-methyl/N-ethyl adjacent to an activating group) is 1. The Morgan fingerprint density at radius 2 is 1.90 bits per heavy atom. The van der Waals surface area contributed by atoms with Crippen molar-refractivity contribution >= 4 is 46.8 Å². The summed E-state index contributed by atoms with van der Waals surface area (Å²) < 4.78 is 10.7. The van der Waals surface area contributed by atoms with Gasteiger partial charge in [0.2, 0.25) is 11.8 Å². The normalized spacial score (nSPS) is 14.7. The maximum atomic E-state index is 6.67. The second-order valence-corrected chi connectivity index (χ2v) is 8.53. The third-order valence-corrected chi connectivity index (χ3v) is 5.92. The van der Waals surface area contributed by atoms with Gasteiger partial charge in [-0.1, -0.05) is 29.3 Å². The van der Waals surface area contributed by atoms with E-state index in [2.05, 4.69) is 36.6 Å². The average Bonchev–Trinajstić information content (AvgIpc) is 3.14. The fraction of sp³-hybridized carbons (Fsp3) is 0.316. The Balaban J connectivity index is 1.49. The van der Waals surface area contributed by atoms with Crippen molar-refractivity contribution in [2.75, 3.05) is 42.8 Å². The predicted octanol–water partition coefficient (Wildman–Crippen LogP) is 4.18. The molecule has 8 nitrogen and oxygen atoms in total. The number of piperazine rings is 1. The van der Waals surface area contributed by atoms with Crippen LogP contribution in [0.25, 0.3) is 0 Å². The van der Waals surface area contributed by atoms with Crippen LogP contribution in [0.4, 0.5) is 11.6 Å². The van der Waals surface area contributed by atoms with E-state index in [1.165, 1.54) is 11.9 Å². The zero-order valence-electron chi connectivity index (χ0n) is 16.5. The Hall–Kier alpha value is -2.20. The average molecular weight is 466 g/mol. The summed E-state index contributed by atoms with van der Waals surface area (Å²) in [7, 11) is 3.97. The van der Waals surface area contributed by atoms with E-state index in [9.17, 15) is 0 Å². The quantitative estimate of drug-likeness (QED) is 0.429. The number of halogens is 2. The lowest BCUT2D eigenvalue weighted by Gasteiger charge is -2.34. The molecule has 1 fully saturated rings. The zero-order chi connectivity index (χ0) is 21.1. The number of ether oxygens (including phenoxy) is 1. The first-order valence-electron chi connectivity index (χ1n) is 9.34. The van der Waals surface area contributed by atoms with Gasteiger partial charge in [-0.25, -0.2) is 4.98 Å². The third-order valence-electron chi connectivity index (χ3n) is 4.61. The summed E-state index contributed by atoms with van der Waals surface area (Å²) in [5, 5.41) is 4.94.